The summed E-state index contributed by atoms with van der Waals surface area (Å²) in [5, 5.41) is 14.4. The van der Waals surface area contributed by atoms with Gasteiger partial charge in [-0.3, -0.25) is 14.4 Å². The predicted molar refractivity (Wildman–Crippen MR) is 133 cm³/mol. The van der Waals surface area contributed by atoms with Gasteiger partial charge in [0.05, 0.1) is 13.7 Å². The Morgan fingerprint density at radius 2 is 1.81 bits per heavy atom. The highest BCUT2D eigenvalue weighted by molar-refractivity contribution is 6.39. The number of aliphatic imine (C=N–C) groups is 1. The molecule has 1 aromatic rings. The molecule has 1 aliphatic heterocycles. The Hall–Kier alpha value is -3.96. The first-order valence-corrected chi connectivity index (χ1v) is 11.8. The monoisotopic (exact) mass is 518 g/mol. The minimum atomic E-state index is -1.00. The topological polar surface area (TPSA) is 164 Å². The highest BCUT2D eigenvalue weighted by Crippen LogP contribution is 2.18. The number of amides is 4. The van der Waals surface area contributed by atoms with Crippen molar-refractivity contribution in [3.8, 4) is 5.75 Å². The molecule has 0 radical (unpaired) electrons. The summed E-state index contributed by atoms with van der Waals surface area (Å²) in [6.45, 7) is 6.26. The van der Waals surface area contributed by atoms with E-state index < -0.39 is 54.0 Å². The molecule has 12 nitrogen and oxygen atoms in total. The van der Waals surface area contributed by atoms with Crippen molar-refractivity contribution in [2.45, 2.75) is 64.6 Å². The van der Waals surface area contributed by atoms with E-state index in [2.05, 4.69) is 15.6 Å². The van der Waals surface area contributed by atoms with Crippen molar-refractivity contribution in [2.24, 2.45) is 4.99 Å². The molecule has 2 rings (SSSR count). The molecule has 0 aliphatic carbocycles. The molecule has 37 heavy (non-hydrogen) atoms. The van der Waals surface area contributed by atoms with Crippen LogP contribution < -0.4 is 10.6 Å². The Bertz CT molecular complexity index is 1050. The minimum absolute atomic E-state index is 0.0656. The molecule has 1 saturated heterocycles. The number of phenols is 1. The maximum absolute atomic E-state index is 12.8. The first-order chi connectivity index (χ1) is 17.3. The molecule has 3 N–H and O–H groups in total. The number of phenolic OH excluding ortho intramolecular Hbond substituents is 1. The van der Waals surface area contributed by atoms with Crippen molar-refractivity contribution in [1.29, 1.82) is 0 Å². The number of rotatable bonds is 8. The van der Waals surface area contributed by atoms with Gasteiger partial charge in [0.15, 0.2) is 0 Å². The lowest BCUT2D eigenvalue weighted by atomic mass is 10.1. The van der Waals surface area contributed by atoms with E-state index in [1.807, 2.05) is 0 Å². The standard InChI is InChI=1S/C25H34N4O8/c1-15(27-24(35)37-25(2,3)4)22(33)29-12-6-7-19(29)21(32)26-14-20(31)28-18(23(34)36-5)13-16-8-10-17(30)11-9-16/h8-11,18-19,30H,6-7,12-14H2,1-5H3,(H,26,32)(H,28,31)/b27-15+/t18-,19-/m0/s1. The number of nitrogens with one attached hydrogen (secondary N) is 2. The van der Waals surface area contributed by atoms with E-state index >= 15 is 0 Å². The number of carbonyl (C=O) groups excluding carboxylic acids is 5. The summed E-state index contributed by atoms with van der Waals surface area (Å²) >= 11 is 0. The average molecular weight is 519 g/mol. The van der Waals surface area contributed by atoms with Crippen LogP contribution >= 0.6 is 0 Å². The van der Waals surface area contributed by atoms with Crippen LogP contribution in [0.25, 0.3) is 0 Å². The van der Waals surface area contributed by atoms with Crippen LogP contribution in [-0.2, 0) is 35.1 Å². The number of likely N-dealkylation sites (tertiary alicyclic amines) is 1. The molecule has 0 spiro atoms. The van der Waals surface area contributed by atoms with Crippen molar-refractivity contribution < 1.29 is 38.6 Å². The molecular formula is C25H34N4O8. The van der Waals surface area contributed by atoms with Crippen LogP contribution in [0.1, 0.15) is 46.1 Å². The van der Waals surface area contributed by atoms with Gasteiger partial charge in [-0.1, -0.05) is 12.1 Å². The first-order valence-electron chi connectivity index (χ1n) is 11.8. The first kappa shape index (κ1) is 29.3. The van der Waals surface area contributed by atoms with Gasteiger partial charge in [0.1, 0.15) is 29.1 Å². The fraction of sp³-hybridized carbons (Fsp3) is 0.520. The van der Waals surface area contributed by atoms with Gasteiger partial charge in [-0.05, 0) is 58.2 Å². The maximum atomic E-state index is 12.8. The van der Waals surface area contributed by atoms with Crippen molar-refractivity contribution >= 4 is 35.5 Å². The third-order valence-electron chi connectivity index (χ3n) is 5.40. The second-order valence-electron chi connectivity index (χ2n) is 9.57. The Labute approximate surface area is 215 Å². The van der Waals surface area contributed by atoms with Gasteiger partial charge in [0.25, 0.3) is 5.91 Å². The number of hydrogen-bond donors (Lipinski definition) is 3. The number of hydrogen-bond acceptors (Lipinski definition) is 8. The zero-order valence-corrected chi connectivity index (χ0v) is 21.7. The van der Waals surface area contributed by atoms with E-state index in [9.17, 15) is 29.1 Å². The molecule has 1 fully saturated rings. The lowest BCUT2D eigenvalue weighted by molar-refractivity contribution is -0.145. The van der Waals surface area contributed by atoms with Gasteiger partial charge < -0.3 is 30.1 Å². The van der Waals surface area contributed by atoms with Crippen LogP contribution in [0.15, 0.2) is 29.3 Å². The molecule has 2 atom stereocenters. The summed E-state index contributed by atoms with van der Waals surface area (Å²) in [5.41, 5.74) is -0.194. The van der Waals surface area contributed by atoms with Crippen LogP contribution in [0.3, 0.4) is 0 Å². The smallest absolute Gasteiger partial charge is 0.434 e. The van der Waals surface area contributed by atoms with Crippen LogP contribution in [0.5, 0.6) is 5.75 Å². The van der Waals surface area contributed by atoms with E-state index in [4.69, 9.17) is 9.47 Å². The highest BCUT2D eigenvalue weighted by atomic mass is 16.6. The second kappa shape index (κ2) is 12.8. The van der Waals surface area contributed by atoms with Crippen molar-refractivity contribution in [3.05, 3.63) is 29.8 Å². The molecule has 0 aromatic heterocycles. The Morgan fingerprint density at radius 1 is 1.16 bits per heavy atom. The predicted octanol–water partition coefficient (Wildman–Crippen LogP) is 1.10. The molecule has 4 amide bonds. The summed E-state index contributed by atoms with van der Waals surface area (Å²) < 4.78 is 9.85. The molecule has 1 aliphatic rings. The minimum Gasteiger partial charge on any atom is -0.508 e. The normalized spacial score (nSPS) is 16.5. The number of aromatic hydroxyl groups is 1. The SMILES string of the molecule is COC(=O)[C@H](Cc1ccc(O)cc1)NC(=O)CNC(=O)[C@@H]1CCCN1C(=O)/C(C)=N/C(=O)OC(C)(C)C. The van der Waals surface area contributed by atoms with Crippen LogP contribution in [0.2, 0.25) is 0 Å². The van der Waals surface area contributed by atoms with Crippen LogP contribution in [0.4, 0.5) is 4.79 Å². The van der Waals surface area contributed by atoms with E-state index in [1.165, 1.54) is 31.1 Å². The molecule has 0 bridgehead atoms. The number of esters is 1. The molecular weight excluding hydrogens is 484 g/mol. The third kappa shape index (κ3) is 9.21. The van der Waals surface area contributed by atoms with Gasteiger partial charge >= 0.3 is 12.1 Å². The number of methoxy groups -OCH3 is 1. The van der Waals surface area contributed by atoms with E-state index in [1.54, 1.807) is 32.9 Å². The van der Waals surface area contributed by atoms with Gasteiger partial charge in [-0.2, -0.15) is 4.99 Å². The Kier molecular flexibility index (Phi) is 10.2. The molecule has 0 saturated carbocycles. The van der Waals surface area contributed by atoms with E-state index in [0.29, 0.717) is 24.9 Å². The number of benzene rings is 1. The zero-order chi connectivity index (χ0) is 27.8. The Balaban J connectivity index is 1.95. The van der Waals surface area contributed by atoms with Crippen LogP contribution in [-0.4, -0.2) is 83.4 Å². The van der Waals surface area contributed by atoms with Crippen molar-refractivity contribution in [3.63, 3.8) is 0 Å². The molecule has 202 valence electrons. The molecule has 12 heteroatoms. The van der Waals surface area contributed by atoms with Gasteiger partial charge in [0.2, 0.25) is 11.8 Å². The fourth-order valence-electron chi connectivity index (χ4n) is 3.69. The summed E-state index contributed by atoms with van der Waals surface area (Å²) in [5.74, 6) is -2.34. The van der Waals surface area contributed by atoms with Gasteiger partial charge in [-0.15, -0.1) is 0 Å². The maximum Gasteiger partial charge on any atom is 0.434 e. The molecule has 0 unspecified atom stereocenters. The van der Waals surface area contributed by atoms with Crippen molar-refractivity contribution in [2.75, 3.05) is 20.2 Å². The fourth-order valence-corrected chi connectivity index (χ4v) is 3.69. The summed E-state index contributed by atoms with van der Waals surface area (Å²) in [6, 6.07) is 4.30. The quantitative estimate of drug-likeness (QED) is 0.340. The zero-order valence-electron chi connectivity index (χ0n) is 21.7. The summed E-state index contributed by atoms with van der Waals surface area (Å²) in [7, 11) is 1.19. The van der Waals surface area contributed by atoms with Gasteiger partial charge in [0, 0.05) is 13.0 Å². The van der Waals surface area contributed by atoms with Crippen molar-refractivity contribution in [1.82, 2.24) is 15.5 Å². The highest BCUT2D eigenvalue weighted by Gasteiger charge is 2.35. The van der Waals surface area contributed by atoms with E-state index in [-0.39, 0.29) is 17.9 Å². The van der Waals surface area contributed by atoms with E-state index in [0.717, 1.165) is 0 Å². The largest absolute Gasteiger partial charge is 0.508 e. The molecule has 1 heterocycles. The third-order valence-corrected chi connectivity index (χ3v) is 5.40. The number of nitrogens with zero attached hydrogens (tertiary/aromatic N) is 2. The summed E-state index contributed by atoms with van der Waals surface area (Å²) in [6.07, 6.45) is 0.160. The van der Waals surface area contributed by atoms with Gasteiger partial charge in [-0.25, -0.2) is 9.59 Å². The average Bonchev–Trinajstić information content (AvgIpc) is 3.31. The number of ether oxygens (including phenoxy) is 2. The summed E-state index contributed by atoms with van der Waals surface area (Å²) in [4.78, 5) is 67.1. The second-order valence-corrected chi connectivity index (χ2v) is 9.57. The lowest BCUT2D eigenvalue weighted by Crippen LogP contribution is -2.51. The molecule has 1 aromatic carbocycles. The number of carbonyl (C=O) groups is 5. The lowest BCUT2D eigenvalue weighted by Gasteiger charge is -2.24. The van der Waals surface area contributed by atoms with Crippen LogP contribution in [0, 0.1) is 0 Å². The Morgan fingerprint density at radius 3 is 2.41 bits per heavy atom.